The van der Waals surface area contributed by atoms with Crippen molar-refractivity contribution in [3.8, 4) is 34.0 Å². The van der Waals surface area contributed by atoms with Crippen molar-refractivity contribution in [2.45, 2.75) is 25.3 Å². The number of fused-ring (bicyclic) bond motifs is 1. The van der Waals surface area contributed by atoms with E-state index in [1.54, 1.807) is 18.6 Å². The third-order valence-corrected chi connectivity index (χ3v) is 7.32. The molecule has 0 saturated carbocycles. The number of aromatic amines is 1. The zero-order chi connectivity index (χ0) is 26.0. The van der Waals surface area contributed by atoms with E-state index in [1.165, 1.54) is 5.56 Å². The van der Waals surface area contributed by atoms with Crippen molar-refractivity contribution in [2.75, 3.05) is 13.1 Å². The molecule has 1 aliphatic heterocycles. The molecule has 6 aromatic rings. The summed E-state index contributed by atoms with van der Waals surface area (Å²) in [7, 11) is 0. The number of likely N-dealkylation sites (tertiary alicyclic amines) is 1. The van der Waals surface area contributed by atoms with Gasteiger partial charge in [0, 0.05) is 29.8 Å². The summed E-state index contributed by atoms with van der Waals surface area (Å²) in [4.78, 5) is 20.9. The molecule has 9 nitrogen and oxygen atoms in total. The van der Waals surface area contributed by atoms with Gasteiger partial charge in [-0.3, -0.25) is 15.0 Å². The summed E-state index contributed by atoms with van der Waals surface area (Å²) in [6, 6.07) is 24.8. The van der Waals surface area contributed by atoms with Gasteiger partial charge in [-0.1, -0.05) is 60.7 Å². The summed E-state index contributed by atoms with van der Waals surface area (Å²) in [5.74, 6) is 2.59. The van der Waals surface area contributed by atoms with Crippen LogP contribution in [-0.4, -0.2) is 57.7 Å². The molecule has 0 amide bonds. The van der Waals surface area contributed by atoms with Gasteiger partial charge in [0.25, 0.3) is 5.78 Å². The first-order valence-corrected chi connectivity index (χ1v) is 13.2. The number of hydrogen-bond donors (Lipinski definition) is 1. The third-order valence-electron chi connectivity index (χ3n) is 7.32. The number of nitrogens with one attached hydrogen (secondary N) is 1. The Kier molecular flexibility index (Phi) is 6.10. The minimum Gasteiger partial charge on any atom is -0.299 e. The number of H-pyrrole nitrogens is 1. The molecule has 5 heterocycles. The van der Waals surface area contributed by atoms with Crippen LogP contribution >= 0.6 is 0 Å². The van der Waals surface area contributed by atoms with Crippen LogP contribution in [0, 0.1) is 0 Å². The largest absolute Gasteiger partial charge is 0.299 e. The van der Waals surface area contributed by atoms with Crippen LogP contribution in [0.25, 0.3) is 39.8 Å². The van der Waals surface area contributed by atoms with Crippen molar-refractivity contribution in [1.29, 1.82) is 0 Å². The van der Waals surface area contributed by atoms with Crippen LogP contribution in [0.15, 0.2) is 91.4 Å². The number of rotatable bonds is 6. The van der Waals surface area contributed by atoms with E-state index in [4.69, 9.17) is 9.97 Å². The molecule has 0 atom stereocenters. The van der Waals surface area contributed by atoms with Crippen molar-refractivity contribution in [3.05, 3.63) is 103 Å². The first-order valence-electron chi connectivity index (χ1n) is 13.2. The molecule has 1 fully saturated rings. The van der Waals surface area contributed by atoms with Gasteiger partial charge in [-0.15, -0.1) is 0 Å². The fourth-order valence-electron chi connectivity index (χ4n) is 5.30. The first kappa shape index (κ1) is 23.4. The van der Waals surface area contributed by atoms with Gasteiger partial charge in [0.1, 0.15) is 17.1 Å². The molecule has 0 radical (unpaired) electrons. The van der Waals surface area contributed by atoms with E-state index < -0.39 is 0 Å². The van der Waals surface area contributed by atoms with Crippen LogP contribution in [0.2, 0.25) is 0 Å². The van der Waals surface area contributed by atoms with Gasteiger partial charge in [0.15, 0.2) is 11.6 Å². The predicted molar refractivity (Wildman–Crippen MR) is 149 cm³/mol. The molecule has 0 bridgehead atoms. The zero-order valence-electron chi connectivity index (χ0n) is 21.4. The molecule has 1 N–H and O–H groups in total. The number of pyridine rings is 1. The minimum atomic E-state index is 0.367. The maximum Gasteiger partial charge on any atom is 0.251 e. The number of imidazole rings is 1. The molecular weight excluding hydrogens is 486 g/mol. The Balaban J connectivity index is 1.04. The molecule has 0 unspecified atom stereocenters. The Labute approximate surface area is 225 Å². The summed E-state index contributed by atoms with van der Waals surface area (Å²) in [5, 5.41) is 12.1. The third kappa shape index (κ3) is 4.68. The molecule has 7 rings (SSSR count). The lowest BCUT2D eigenvalue weighted by Gasteiger charge is -2.30. The molecule has 9 heteroatoms. The number of piperidine rings is 1. The smallest absolute Gasteiger partial charge is 0.251 e. The molecule has 0 aliphatic carbocycles. The predicted octanol–water partition coefficient (Wildman–Crippen LogP) is 5.02. The summed E-state index contributed by atoms with van der Waals surface area (Å²) in [6.07, 6.45) is 7.22. The van der Waals surface area contributed by atoms with Gasteiger partial charge >= 0.3 is 0 Å². The fraction of sp³-hybridized carbons (Fsp3) is 0.200. The SMILES string of the molecule is c1ccc(-c2c(-c3ccc(CN4CCC(c5n[nH]c(-c6ccccn6)n5)CC4)cc3)nc3nccnn23)cc1. The van der Waals surface area contributed by atoms with E-state index in [2.05, 4.69) is 66.6 Å². The number of benzene rings is 2. The average Bonchev–Trinajstić information content (AvgIpc) is 3.65. The molecule has 0 spiro atoms. The van der Waals surface area contributed by atoms with Crippen LogP contribution in [0.3, 0.4) is 0 Å². The summed E-state index contributed by atoms with van der Waals surface area (Å²) in [5.41, 5.74) is 6.06. The normalized spacial score (nSPS) is 14.7. The van der Waals surface area contributed by atoms with Crippen LogP contribution in [0.4, 0.5) is 0 Å². The Bertz CT molecular complexity index is 1680. The quantitative estimate of drug-likeness (QED) is 0.334. The molecule has 1 aliphatic rings. The maximum absolute atomic E-state index is 4.82. The van der Waals surface area contributed by atoms with Crippen LogP contribution < -0.4 is 0 Å². The average molecular weight is 514 g/mol. The van der Waals surface area contributed by atoms with E-state index in [0.717, 1.165) is 72.3 Å². The maximum atomic E-state index is 4.82. The first-order chi connectivity index (χ1) is 19.3. The highest BCUT2D eigenvalue weighted by molar-refractivity contribution is 5.81. The fourth-order valence-corrected chi connectivity index (χ4v) is 5.30. The van der Waals surface area contributed by atoms with Crippen molar-refractivity contribution < 1.29 is 0 Å². The molecule has 2 aromatic carbocycles. The van der Waals surface area contributed by atoms with Crippen molar-refractivity contribution in [1.82, 2.24) is 44.6 Å². The Morgan fingerprint density at radius 1 is 0.769 bits per heavy atom. The van der Waals surface area contributed by atoms with E-state index >= 15 is 0 Å². The highest BCUT2D eigenvalue weighted by Crippen LogP contribution is 2.32. The standard InChI is InChI=1S/C30H27N9/c1-2-6-23(7-3-1)27-26(34-30-32-16-17-33-39(27)30)22-11-9-21(10-12-22)20-38-18-13-24(14-19-38)28-35-29(37-36-28)25-8-4-5-15-31-25/h1-12,15-17,24H,13-14,18-20H2,(H,35,36,37). The van der Waals surface area contributed by atoms with Crippen LogP contribution in [0.5, 0.6) is 0 Å². The van der Waals surface area contributed by atoms with Gasteiger partial charge in [-0.25, -0.2) is 15.0 Å². The topological polar surface area (TPSA) is 101 Å². The highest BCUT2D eigenvalue weighted by Gasteiger charge is 2.24. The number of aromatic nitrogens is 8. The number of hydrogen-bond acceptors (Lipinski definition) is 7. The zero-order valence-corrected chi connectivity index (χ0v) is 21.4. The van der Waals surface area contributed by atoms with Crippen molar-refractivity contribution in [2.24, 2.45) is 0 Å². The Morgan fingerprint density at radius 3 is 2.38 bits per heavy atom. The lowest BCUT2D eigenvalue weighted by Crippen LogP contribution is -2.32. The second-order valence-corrected chi connectivity index (χ2v) is 9.83. The lowest BCUT2D eigenvalue weighted by atomic mass is 9.95. The van der Waals surface area contributed by atoms with E-state index in [1.807, 2.05) is 40.9 Å². The van der Waals surface area contributed by atoms with Gasteiger partial charge in [-0.2, -0.15) is 14.7 Å². The van der Waals surface area contributed by atoms with Crippen molar-refractivity contribution in [3.63, 3.8) is 0 Å². The second kappa shape index (κ2) is 10.2. The monoisotopic (exact) mass is 513 g/mol. The van der Waals surface area contributed by atoms with Gasteiger partial charge in [-0.05, 0) is 43.6 Å². The Morgan fingerprint density at radius 2 is 1.59 bits per heavy atom. The van der Waals surface area contributed by atoms with Crippen LogP contribution in [-0.2, 0) is 6.54 Å². The van der Waals surface area contributed by atoms with E-state index in [-0.39, 0.29) is 0 Å². The number of nitrogens with zero attached hydrogens (tertiary/aromatic N) is 8. The van der Waals surface area contributed by atoms with Gasteiger partial charge < -0.3 is 0 Å². The van der Waals surface area contributed by atoms with Gasteiger partial charge in [0.2, 0.25) is 0 Å². The van der Waals surface area contributed by atoms with E-state index in [0.29, 0.717) is 11.7 Å². The molecule has 39 heavy (non-hydrogen) atoms. The minimum absolute atomic E-state index is 0.367. The Hall–Kier alpha value is -4.76. The molecule has 192 valence electrons. The van der Waals surface area contributed by atoms with Gasteiger partial charge in [0.05, 0.1) is 12.4 Å². The van der Waals surface area contributed by atoms with E-state index in [9.17, 15) is 0 Å². The summed E-state index contributed by atoms with van der Waals surface area (Å²) < 4.78 is 1.82. The highest BCUT2D eigenvalue weighted by atomic mass is 15.3. The lowest BCUT2D eigenvalue weighted by molar-refractivity contribution is 0.202. The molecule has 4 aromatic heterocycles. The van der Waals surface area contributed by atoms with Crippen LogP contribution in [0.1, 0.15) is 30.1 Å². The molecule has 1 saturated heterocycles. The summed E-state index contributed by atoms with van der Waals surface area (Å²) in [6.45, 7) is 2.95. The summed E-state index contributed by atoms with van der Waals surface area (Å²) >= 11 is 0. The van der Waals surface area contributed by atoms with Crippen molar-refractivity contribution >= 4 is 5.78 Å². The second-order valence-electron chi connectivity index (χ2n) is 9.83. The molecular formula is C30H27N9.